The fourth-order valence-corrected chi connectivity index (χ4v) is 1.40. The third kappa shape index (κ3) is 1.79. The molecule has 0 atom stereocenters. The van der Waals surface area contributed by atoms with E-state index in [9.17, 15) is 4.39 Å². The monoisotopic (exact) mass is 246 g/mol. The van der Waals surface area contributed by atoms with E-state index in [0.29, 0.717) is 11.3 Å². The molecule has 0 aliphatic carbocycles. The highest BCUT2D eigenvalue weighted by Crippen LogP contribution is 2.24. The minimum Gasteiger partial charge on any atom is -0.434 e. The number of hydrogen-bond acceptors (Lipinski definition) is 6. The Kier molecular flexibility index (Phi) is 2.26. The van der Waals surface area contributed by atoms with Crippen LogP contribution in [0.5, 0.6) is 11.6 Å². The van der Waals surface area contributed by atoms with Gasteiger partial charge in [-0.1, -0.05) is 0 Å². The molecule has 0 amide bonds. The molecular weight excluding hydrogens is 239 g/mol. The van der Waals surface area contributed by atoms with Gasteiger partial charge in [-0.15, -0.1) is 14.8 Å². The second-order valence-electron chi connectivity index (χ2n) is 3.49. The molecular formula is C10H7FN6O. The zero-order valence-electron chi connectivity index (χ0n) is 8.99. The van der Waals surface area contributed by atoms with E-state index in [1.54, 1.807) is 12.1 Å². The van der Waals surface area contributed by atoms with Crippen LogP contribution in [0.3, 0.4) is 0 Å². The number of benzene rings is 1. The molecule has 18 heavy (non-hydrogen) atoms. The van der Waals surface area contributed by atoms with Gasteiger partial charge in [-0.25, -0.2) is 4.39 Å². The molecule has 3 rings (SSSR count). The SMILES string of the molecule is Nc1ccc(Oc2ccc3nnnn3n2)c(F)c1. The van der Waals surface area contributed by atoms with Crippen molar-refractivity contribution in [2.24, 2.45) is 0 Å². The molecule has 0 saturated carbocycles. The van der Waals surface area contributed by atoms with Crippen LogP contribution in [0.4, 0.5) is 10.1 Å². The number of tetrazole rings is 1. The number of aromatic nitrogens is 5. The zero-order valence-corrected chi connectivity index (χ0v) is 8.99. The lowest BCUT2D eigenvalue weighted by Crippen LogP contribution is -1.98. The van der Waals surface area contributed by atoms with Gasteiger partial charge in [-0.3, -0.25) is 0 Å². The summed E-state index contributed by atoms with van der Waals surface area (Å²) >= 11 is 0. The summed E-state index contributed by atoms with van der Waals surface area (Å²) in [6.07, 6.45) is 0. The van der Waals surface area contributed by atoms with Crippen LogP contribution in [0, 0.1) is 5.82 Å². The first kappa shape index (κ1) is 10.4. The Morgan fingerprint density at radius 1 is 1.22 bits per heavy atom. The van der Waals surface area contributed by atoms with Crippen LogP contribution in [0.1, 0.15) is 0 Å². The van der Waals surface area contributed by atoms with Gasteiger partial charge in [-0.05, 0) is 28.6 Å². The normalized spacial score (nSPS) is 10.7. The first-order chi connectivity index (χ1) is 8.72. The van der Waals surface area contributed by atoms with Crippen molar-refractivity contribution < 1.29 is 9.13 Å². The lowest BCUT2D eigenvalue weighted by molar-refractivity contribution is 0.416. The quantitative estimate of drug-likeness (QED) is 0.679. The Balaban J connectivity index is 1.95. The number of hydrogen-bond donors (Lipinski definition) is 1. The van der Waals surface area contributed by atoms with Crippen molar-refractivity contribution in [3.05, 3.63) is 36.1 Å². The predicted molar refractivity (Wildman–Crippen MR) is 59.5 cm³/mol. The highest BCUT2D eigenvalue weighted by Gasteiger charge is 2.07. The zero-order chi connectivity index (χ0) is 12.5. The van der Waals surface area contributed by atoms with E-state index < -0.39 is 5.82 Å². The summed E-state index contributed by atoms with van der Waals surface area (Å²) in [5.74, 6) is -0.351. The average molecular weight is 246 g/mol. The molecule has 0 aliphatic rings. The Bertz CT molecular complexity index is 712. The second-order valence-corrected chi connectivity index (χ2v) is 3.49. The van der Waals surface area contributed by atoms with Gasteiger partial charge >= 0.3 is 0 Å². The molecule has 8 heteroatoms. The number of ether oxygens (including phenoxy) is 1. The number of fused-ring (bicyclic) bond motifs is 1. The van der Waals surface area contributed by atoms with Crippen LogP contribution in [0.25, 0.3) is 5.65 Å². The van der Waals surface area contributed by atoms with Gasteiger partial charge in [0.1, 0.15) is 0 Å². The van der Waals surface area contributed by atoms with Crippen molar-refractivity contribution in [1.29, 1.82) is 0 Å². The summed E-state index contributed by atoms with van der Waals surface area (Å²) in [6.45, 7) is 0. The van der Waals surface area contributed by atoms with Crippen LogP contribution in [-0.4, -0.2) is 25.3 Å². The highest BCUT2D eigenvalue weighted by atomic mass is 19.1. The minimum atomic E-state index is -0.561. The summed E-state index contributed by atoms with van der Waals surface area (Å²) in [5, 5.41) is 14.7. The van der Waals surface area contributed by atoms with E-state index in [0.717, 1.165) is 0 Å². The molecule has 90 valence electrons. The maximum atomic E-state index is 13.5. The summed E-state index contributed by atoms with van der Waals surface area (Å²) in [5.41, 5.74) is 6.23. The first-order valence-electron chi connectivity index (χ1n) is 5.01. The largest absolute Gasteiger partial charge is 0.434 e. The highest BCUT2D eigenvalue weighted by molar-refractivity contribution is 5.44. The fourth-order valence-electron chi connectivity index (χ4n) is 1.40. The maximum Gasteiger partial charge on any atom is 0.239 e. The predicted octanol–water partition coefficient (Wildman–Crippen LogP) is 1.03. The molecule has 2 heterocycles. The van der Waals surface area contributed by atoms with Crippen molar-refractivity contribution in [2.45, 2.75) is 0 Å². The van der Waals surface area contributed by atoms with E-state index in [4.69, 9.17) is 10.5 Å². The van der Waals surface area contributed by atoms with Crippen molar-refractivity contribution >= 4 is 11.3 Å². The van der Waals surface area contributed by atoms with E-state index in [-0.39, 0.29) is 11.6 Å². The third-order valence-electron chi connectivity index (χ3n) is 2.22. The average Bonchev–Trinajstić information content (AvgIpc) is 2.80. The molecule has 0 aliphatic heterocycles. The van der Waals surface area contributed by atoms with Crippen LogP contribution in [0.2, 0.25) is 0 Å². The number of rotatable bonds is 2. The number of halogens is 1. The van der Waals surface area contributed by atoms with Crippen LogP contribution in [-0.2, 0) is 0 Å². The summed E-state index contributed by atoms with van der Waals surface area (Å²) in [4.78, 5) is 0. The summed E-state index contributed by atoms with van der Waals surface area (Å²) in [6, 6.07) is 7.29. The molecule has 2 N–H and O–H groups in total. The standard InChI is InChI=1S/C10H7FN6O/c11-7-5-6(12)1-2-8(7)18-10-4-3-9-13-15-16-17(9)14-10/h1-5H,12H2. The number of anilines is 1. The molecule has 0 saturated heterocycles. The van der Waals surface area contributed by atoms with Crippen molar-refractivity contribution in [3.63, 3.8) is 0 Å². The molecule has 0 radical (unpaired) electrons. The Morgan fingerprint density at radius 2 is 2.11 bits per heavy atom. The molecule has 0 bridgehead atoms. The van der Waals surface area contributed by atoms with Gasteiger partial charge < -0.3 is 10.5 Å². The second kappa shape index (κ2) is 3.91. The van der Waals surface area contributed by atoms with Gasteiger partial charge in [-0.2, -0.15) is 0 Å². The Morgan fingerprint density at radius 3 is 2.94 bits per heavy atom. The molecule has 0 fully saturated rings. The molecule has 0 unspecified atom stereocenters. The van der Waals surface area contributed by atoms with Crippen molar-refractivity contribution in [2.75, 3.05) is 5.73 Å². The summed E-state index contributed by atoms with van der Waals surface area (Å²) < 4.78 is 20.0. The third-order valence-corrected chi connectivity index (χ3v) is 2.22. The van der Waals surface area contributed by atoms with Gasteiger partial charge in [0.25, 0.3) is 0 Å². The molecule has 1 aromatic carbocycles. The molecule has 7 nitrogen and oxygen atoms in total. The van der Waals surface area contributed by atoms with E-state index in [2.05, 4.69) is 20.6 Å². The van der Waals surface area contributed by atoms with E-state index in [1.165, 1.54) is 22.8 Å². The first-order valence-corrected chi connectivity index (χ1v) is 5.01. The number of nitrogen functional groups attached to an aromatic ring is 1. The molecule has 2 aromatic heterocycles. The molecule has 3 aromatic rings. The van der Waals surface area contributed by atoms with Crippen LogP contribution in [0.15, 0.2) is 30.3 Å². The number of nitrogens with zero attached hydrogens (tertiary/aromatic N) is 5. The number of nitrogens with two attached hydrogens (primary N) is 1. The van der Waals surface area contributed by atoms with Crippen molar-refractivity contribution in [3.8, 4) is 11.6 Å². The van der Waals surface area contributed by atoms with Crippen molar-refractivity contribution in [1.82, 2.24) is 25.3 Å². The van der Waals surface area contributed by atoms with Crippen LogP contribution < -0.4 is 10.5 Å². The topological polar surface area (TPSA) is 91.2 Å². The van der Waals surface area contributed by atoms with Gasteiger partial charge in [0.05, 0.1) is 0 Å². The fraction of sp³-hybridized carbons (Fsp3) is 0. The van der Waals surface area contributed by atoms with Crippen LogP contribution >= 0.6 is 0 Å². The van der Waals surface area contributed by atoms with Gasteiger partial charge in [0, 0.05) is 17.8 Å². The Labute approximate surface area is 100.0 Å². The van der Waals surface area contributed by atoms with Gasteiger partial charge in [0.2, 0.25) is 5.88 Å². The minimum absolute atomic E-state index is 0.0316. The Hall–Kier alpha value is -2.77. The lowest BCUT2D eigenvalue weighted by atomic mass is 10.3. The lowest BCUT2D eigenvalue weighted by Gasteiger charge is -2.05. The van der Waals surface area contributed by atoms with E-state index in [1.807, 2.05) is 0 Å². The summed E-state index contributed by atoms with van der Waals surface area (Å²) in [7, 11) is 0. The van der Waals surface area contributed by atoms with E-state index >= 15 is 0 Å². The smallest absolute Gasteiger partial charge is 0.239 e. The van der Waals surface area contributed by atoms with Gasteiger partial charge in [0.15, 0.2) is 17.2 Å². The molecule has 0 spiro atoms. The maximum absolute atomic E-state index is 13.5.